The van der Waals surface area contributed by atoms with Crippen LogP contribution in [0.15, 0.2) is 12.1 Å². The molecule has 4 heteroatoms. The molecular weight excluding hydrogens is 228 g/mol. The number of hydrogen-bond acceptors (Lipinski definition) is 4. The fourth-order valence-electron chi connectivity index (χ4n) is 2.66. The van der Waals surface area contributed by atoms with Crippen molar-refractivity contribution in [3.8, 4) is 0 Å². The Labute approximate surface area is 110 Å². The van der Waals surface area contributed by atoms with Gasteiger partial charge in [0.05, 0.1) is 8.30 Å². The monoisotopic (exact) mass is 248 g/mol. The van der Waals surface area contributed by atoms with Crippen LogP contribution >= 0.6 is 0 Å². The van der Waals surface area contributed by atoms with Gasteiger partial charge in [-0.05, 0) is 31.0 Å². The molecule has 0 aliphatic carbocycles. The second-order valence-electron chi connectivity index (χ2n) is 4.97. The minimum absolute atomic E-state index is 0.121. The molecule has 2 atom stereocenters. The van der Waals surface area contributed by atoms with Crippen LogP contribution in [0, 0.1) is 6.92 Å². The molecule has 1 fully saturated rings. The SMILES string of the molecule is [2H]C1([2H])OC(=O)c2ccc([C@@H]3CNC[C@H](C)N3)c(C)c21. The van der Waals surface area contributed by atoms with Crippen LogP contribution in [0.1, 0.15) is 42.8 Å². The van der Waals surface area contributed by atoms with E-state index in [1.54, 1.807) is 6.07 Å². The average Bonchev–Trinajstić information content (AvgIpc) is 2.60. The lowest BCUT2D eigenvalue weighted by Crippen LogP contribution is -2.48. The Hall–Kier alpha value is -1.39. The van der Waals surface area contributed by atoms with Gasteiger partial charge in [0, 0.05) is 30.7 Å². The van der Waals surface area contributed by atoms with Gasteiger partial charge in [-0.25, -0.2) is 4.79 Å². The molecule has 0 unspecified atom stereocenters. The van der Waals surface area contributed by atoms with Gasteiger partial charge in [-0.1, -0.05) is 6.07 Å². The number of cyclic esters (lactones) is 1. The lowest BCUT2D eigenvalue weighted by molar-refractivity contribution is 0.0535. The lowest BCUT2D eigenvalue weighted by atomic mass is 9.93. The molecule has 0 bridgehead atoms. The molecule has 96 valence electrons. The van der Waals surface area contributed by atoms with Gasteiger partial charge >= 0.3 is 5.97 Å². The predicted molar refractivity (Wildman–Crippen MR) is 68.5 cm³/mol. The molecule has 1 aromatic rings. The fourth-order valence-corrected chi connectivity index (χ4v) is 2.66. The largest absolute Gasteiger partial charge is 0.457 e. The third-order valence-corrected chi connectivity index (χ3v) is 3.63. The van der Waals surface area contributed by atoms with Crippen molar-refractivity contribution in [1.29, 1.82) is 0 Å². The highest BCUT2D eigenvalue weighted by Gasteiger charge is 2.27. The summed E-state index contributed by atoms with van der Waals surface area (Å²) < 4.78 is 20.6. The number of hydrogen-bond donors (Lipinski definition) is 2. The average molecular weight is 248 g/mol. The van der Waals surface area contributed by atoms with E-state index in [4.69, 9.17) is 7.48 Å². The van der Waals surface area contributed by atoms with E-state index in [0.29, 0.717) is 17.2 Å². The zero-order valence-electron chi connectivity index (χ0n) is 12.5. The second-order valence-corrected chi connectivity index (χ2v) is 4.97. The molecule has 2 aliphatic rings. The summed E-state index contributed by atoms with van der Waals surface area (Å²) >= 11 is 0. The molecule has 2 aliphatic heterocycles. The van der Waals surface area contributed by atoms with Gasteiger partial charge in [0.25, 0.3) is 0 Å². The number of nitrogens with one attached hydrogen (secondary N) is 2. The Morgan fingerprint density at radius 1 is 1.44 bits per heavy atom. The summed E-state index contributed by atoms with van der Waals surface area (Å²) in [6, 6.07) is 4.05. The predicted octanol–water partition coefficient (Wildman–Crippen LogP) is 1.29. The summed E-state index contributed by atoms with van der Waals surface area (Å²) in [7, 11) is 0. The third kappa shape index (κ3) is 1.82. The molecule has 18 heavy (non-hydrogen) atoms. The van der Waals surface area contributed by atoms with E-state index in [-0.39, 0.29) is 6.04 Å². The number of ether oxygens (including phenoxy) is 1. The Morgan fingerprint density at radius 3 is 3.06 bits per heavy atom. The molecule has 1 aromatic carbocycles. The molecule has 0 aromatic heterocycles. The molecule has 0 spiro atoms. The van der Waals surface area contributed by atoms with Gasteiger partial charge in [-0.3, -0.25) is 0 Å². The first-order valence-corrected chi connectivity index (χ1v) is 6.24. The van der Waals surface area contributed by atoms with Crippen LogP contribution in [0.25, 0.3) is 0 Å². The van der Waals surface area contributed by atoms with Crippen LogP contribution < -0.4 is 10.6 Å². The number of carbonyl (C=O) groups excluding carboxylic acids is 1. The molecule has 0 saturated carbocycles. The summed E-state index contributed by atoms with van der Waals surface area (Å²) in [5, 5.41) is 6.85. The smallest absolute Gasteiger partial charge is 0.338 e. The molecule has 0 amide bonds. The molecule has 3 rings (SSSR count). The first kappa shape index (κ1) is 9.53. The summed E-state index contributed by atoms with van der Waals surface area (Å²) in [4.78, 5) is 11.7. The summed E-state index contributed by atoms with van der Waals surface area (Å²) in [5.41, 5.74) is 2.53. The second kappa shape index (κ2) is 4.37. The van der Waals surface area contributed by atoms with E-state index in [9.17, 15) is 4.79 Å². The van der Waals surface area contributed by atoms with Gasteiger partial charge < -0.3 is 15.4 Å². The van der Waals surface area contributed by atoms with E-state index < -0.39 is 12.5 Å². The maximum atomic E-state index is 11.7. The molecule has 0 radical (unpaired) electrons. The highest BCUT2D eigenvalue weighted by molar-refractivity contribution is 5.93. The number of rotatable bonds is 1. The molecule has 2 heterocycles. The number of carbonyl (C=O) groups is 1. The third-order valence-electron chi connectivity index (χ3n) is 3.63. The Morgan fingerprint density at radius 2 is 2.28 bits per heavy atom. The van der Waals surface area contributed by atoms with E-state index in [1.165, 1.54) is 0 Å². The molecule has 4 nitrogen and oxygen atoms in total. The number of benzene rings is 1. The van der Waals surface area contributed by atoms with Crippen molar-refractivity contribution in [2.45, 2.75) is 32.5 Å². The first-order valence-electron chi connectivity index (χ1n) is 7.24. The van der Waals surface area contributed by atoms with Crippen molar-refractivity contribution in [2.75, 3.05) is 13.1 Å². The van der Waals surface area contributed by atoms with Gasteiger partial charge in [0.1, 0.15) is 6.56 Å². The van der Waals surface area contributed by atoms with E-state index in [0.717, 1.165) is 24.2 Å². The summed E-state index contributed by atoms with van der Waals surface area (Å²) in [5.74, 6) is -0.581. The highest BCUT2D eigenvalue weighted by Crippen LogP contribution is 2.29. The molecular formula is C14H18N2O2. The lowest BCUT2D eigenvalue weighted by Gasteiger charge is -2.31. The minimum atomic E-state index is -2.03. The van der Waals surface area contributed by atoms with Crippen LogP contribution in [0.3, 0.4) is 0 Å². The fraction of sp³-hybridized carbons (Fsp3) is 0.500. The van der Waals surface area contributed by atoms with Crippen molar-refractivity contribution in [3.05, 3.63) is 34.4 Å². The highest BCUT2D eigenvalue weighted by atomic mass is 16.5. The summed E-state index contributed by atoms with van der Waals surface area (Å²) in [6.45, 7) is 3.65. The first-order chi connectivity index (χ1) is 9.40. The van der Waals surface area contributed by atoms with Gasteiger partial charge in [-0.2, -0.15) is 0 Å². The van der Waals surface area contributed by atoms with Crippen molar-refractivity contribution in [3.63, 3.8) is 0 Å². The zero-order valence-corrected chi connectivity index (χ0v) is 10.5. The van der Waals surface area contributed by atoms with E-state index in [1.807, 2.05) is 13.0 Å². The maximum Gasteiger partial charge on any atom is 0.338 e. The Balaban J connectivity index is 2.05. The van der Waals surface area contributed by atoms with Crippen molar-refractivity contribution in [2.24, 2.45) is 0 Å². The van der Waals surface area contributed by atoms with Gasteiger partial charge in [0.2, 0.25) is 0 Å². The maximum absolute atomic E-state index is 11.7. The minimum Gasteiger partial charge on any atom is -0.457 e. The quantitative estimate of drug-likeness (QED) is 0.735. The zero-order chi connectivity index (χ0) is 14.5. The summed E-state index contributed by atoms with van der Waals surface area (Å²) in [6.07, 6.45) is 0. The molecule has 2 N–H and O–H groups in total. The normalized spacial score (nSPS) is 31.3. The van der Waals surface area contributed by atoms with Crippen molar-refractivity contribution in [1.82, 2.24) is 10.6 Å². The van der Waals surface area contributed by atoms with Crippen LogP contribution in [0.2, 0.25) is 0 Å². The number of esters is 1. The van der Waals surface area contributed by atoms with Crippen LogP contribution in [0.5, 0.6) is 0 Å². The van der Waals surface area contributed by atoms with Crippen LogP contribution in [-0.4, -0.2) is 25.1 Å². The number of piperazine rings is 1. The van der Waals surface area contributed by atoms with Gasteiger partial charge in [-0.15, -0.1) is 0 Å². The van der Waals surface area contributed by atoms with Crippen LogP contribution in [-0.2, 0) is 11.3 Å². The Bertz CT molecular complexity index is 575. The molecule has 1 saturated heterocycles. The van der Waals surface area contributed by atoms with Crippen molar-refractivity contribution >= 4 is 5.97 Å². The Kier molecular flexibility index (Phi) is 2.31. The van der Waals surface area contributed by atoms with Gasteiger partial charge in [0.15, 0.2) is 0 Å². The topological polar surface area (TPSA) is 50.4 Å². The van der Waals surface area contributed by atoms with Crippen molar-refractivity contribution < 1.29 is 12.3 Å². The standard InChI is InChI=1S/C14H18N2O2/c1-8-5-15-6-13(16-8)10-3-4-11-12(9(10)2)7-18-14(11)17/h3-4,8,13,15-16H,5-7H2,1-2H3/t8-,13-/m0/s1/i7D2. The van der Waals surface area contributed by atoms with Crippen LogP contribution in [0.4, 0.5) is 0 Å². The van der Waals surface area contributed by atoms with E-state index in [2.05, 4.69) is 17.6 Å². The van der Waals surface area contributed by atoms with E-state index >= 15 is 0 Å². The number of fused-ring (bicyclic) bond motifs is 1.